The highest BCUT2D eigenvalue weighted by Gasteiger charge is 2.24. The maximum absolute atomic E-state index is 6.41. The molecular weight excluding hydrogens is 669 g/mol. The van der Waals surface area contributed by atoms with E-state index in [-0.39, 0.29) is 0 Å². The van der Waals surface area contributed by atoms with Crippen molar-refractivity contribution >= 4 is 71.6 Å². The van der Waals surface area contributed by atoms with Gasteiger partial charge < -0.3 is 13.9 Å². The fourth-order valence-corrected chi connectivity index (χ4v) is 8.52. The zero-order chi connectivity index (χ0) is 36.3. The van der Waals surface area contributed by atoms with Crippen molar-refractivity contribution in [1.29, 1.82) is 0 Å². The van der Waals surface area contributed by atoms with Gasteiger partial charge in [0, 0.05) is 32.8 Å². The first-order chi connectivity index (χ1) is 27.3. The van der Waals surface area contributed by atoms with Gasteiger partial charge >= 0.3 is 0 Å². The van der Waals surface area contributed by atoms with E-state index in [4.69, 9.17) is 4.42 Å². The van der Waals surface area contributed by atoms with Gasteiger partial charge in [0.2, 0.25) is 0 Å². The van der Waals surface area contributed by atoms with E-state index in [1.165, 1.54) is 38.1 Å². The third-order valence-electron chi connectivity index (χ3n) is 11.0. The average molecular weight is 703 g/mol. The molecule has 3 nitrogen and oxygen atoms in total. The van der Waals surface area contributed by atoms with Gasteiger partial charge in [0.25, 0.3) is 0 Å². The quantitative estimate of drug-likeness (QED) is 0.172. The molecule has 2 heterocycles. The van der Waals surface area contributed by atoms with Gasteiger partial charge in [0.1, 0.15) is 11.2 Å². The largest absolute Gasteiger partial charge is 0.456 e. The van der Waals surface area contributed by atoms with Crippen LogP contribution >= 0.6 is 0 Å². The van der Waals surface area contributed by atoms with Crippen LogP contribution in [0.4, 0.5) is 17.1 Å². The van der Waals surface area contributed by atoms with Gasteiger partial charge in [-0.15, -0.1) is 0 Å². The predicted molar refractivity (Wildman–Crippen MR) is 231 cm³/mol. The molecule has 0 N–H and O–H groups in total. The van der Waals surface area contributed by atoms with Crippen LogP contribution in [0.2, 0.25) is 0 Å². The van der Waals surface area contributed by atoms with Crippen LogP contribution in [0.15, 0.2) is 211 Å². The van der Waals surface area contributed by atoms with E-state index in [1.807, 2.05) is 6.07 Å². The summed E-state index contributed by atoms with van der Waals surface area (Å²) in [4.78, 5) is 2.44. The van der Waals surface area contributed by atoms with Crippen molar-refractivity contribution in [3.8, 4) is 27.9 Å². The second-order valence-electron chi connectivity index (χ2n) is 14.1. The number of furan rings is 1. The Morgan fingerprint density at radius 1 is 0.382 bits per heavy atom. The second kappa shape index (κ2) is 12.6. The summed E-state index contributed by atoms with van der Waals surface area (Å²) >= 11 is 0. The standard InChI is InChI=1S/C52H34N2O/c1-2-16-36-33-38(32-31-35(36)15-1)37-17-13-18-39(34-37)53(45-24-7-5-21-42(45)43-23-14-30-51-52(43)44-22-6-12-29-50(44)55-51)48-27-10-11-28-49(48)54-46-25-8-3-19-40(46)41-20-4-9-26-47(41)54/h1-34H. The fourth-order valence-electron chi connectivity index (χ4n) is 8.52. The van der Waals surface area contributed by atoms with Gasteiger partial charge in [-0.2, -0.15) is 0 Å². The molecule has 0 radical (unpaired) electrons. The molecule has 0 aliphatic rings. The maximum atomic E-state index is 6.41. The van der Waals surface area contributed by atoms with Crippen LogP contribution in [0, 0.1) is 0 Å². The van der Waals surface area contributed by atoms with Crippen LogP contribution in [-0.4, -0.2) is 4.57 Å². The van der Waals surface area contributed by atoms with Crippen LogP contribution in [0.25, 0.3) is 82.5 Å². The molecule has 258 valence electrons. The lowest BCUT2D eigenvalue weighted by atomic mass is 9.96. The van der Waals surface area contributed by atoms with Crippen molar-refractivity contribution in [1.82, 2.24) is 4.57 Å². The summed E-state index contributed by atoms with van der Waals surface area (Å²) < 4.78 is 8.84. The van der Waals surface area contributed by atoms with Crippen molar-refractivity contribution in [2.45, 2.75) is 0 Å². The number of nitrogens with zero attached hydrogens (tertiary/aromatic N) is 2. The SMILES string of the molecule is c1cc(-c2ccc3ccccc3c2)cc(N(c2ccccc2-c2cccc3oc4ccccc4c23)c2ccccc2-n2c3ccccc3c3ccccc32)c1. The molecule has 9 aromatic carbocycles. The summed E-state index contributed by atoms with van der Waals surface area (Å²) in [5, 5.41) is 7.15. The molecule has 0 bridgehead atoms. The molecule has 11 aromatic rings. The minimum absolute atomic E-state index is 0.879. The third-order valence-corrected chi connectivity index (χ3v) is 11.0. The van der Waals surface area contributed by atoms with Gasteiger partial charge in [-0.3, -0.25) is 0 Å². The Morgan fingerprint density at radius 3 is 1.82 bits per heavy atom. The molecule has 0 aliphatic carbocycles. The summed E-state index contributed by atoms with van der Waals surface area (Å²) in [7, 11) is 0. The van der Waals surface area contributed by atoms with E-state index in [2.05, 4.69) is 210 Å². The molecule has 0 fully saturated rings. The lowest BCUT2D eigenvalue weighted by molar-refractivity contribution is 0.669. The average Bonchev–Trinajstić information content (AvgIpc) is 3.80. The van der Waals surface area contributed by atoms with Crippen LogP contribution in [0.3, 0.4) is 0 Å². The van der Waals surface area contributed by atoms with Gasteiger partial charge in [-0.25, -0.2) is 0 Å². The smallest absolute Gasteiger partial charge is 0.136 e. The first-order valence-corrected chi connectivity index (χ1v) is 18.8. The number of fused-ring (bicyclic) bond motifs is 7. The van der Waals surface area contributed by atoms with Crippen LogP contribution in [-0.2, 0) is 0 Å². The molecular formula is C52H34N2O. The number of benzene rings is 9. The topological polar surface area (TPSA) is 21.3 Å². The molecule has 0 amide bonds. The summed E-state index contributed by atoms with van der Waals surface area (Å²) in [6.45, 7) is 0. The first-order valence-electron chi connectivity index (χ1n) is 18.8. The minimum Gasteiger partial charge on any atom is -0.456 e. The van der Waals surface area contributed by atoms with Gasteiger partial charge in [-0.05, 0) is 88.1 Å². The lowest BCUT2D eigenvalue weighted by Crippen LogP contribution is -2.14. The highest BCUT2D eigenvalue weighted by molar-refractivity contribution is 6.14. The van der Waals surface area contributed by atoms with Gasteiger partial charge in [0.15, 0.2) is 0 Å². The second-order valence-corrected chi connectivity index (χ2v) is 14.1. The minimum atomic E-state index is 0.879. The number of hydrogen-bond acceptors (Lipinski definition) is 2. The van der Waals surface area contributed by atoms with Crippen molar-refractivity contribution in [2.75, 3.05) is 4.90 Å². The van der Waals surface area contributed by atoms with E-state index in [1.54, 1.807) is 0 Å². The Labute approximate surface area is 318 Å². The molecule has 0 saturated carbocycles. The highest BCUT2D eigenvalue weighted by Crippen LogP contribution is 2.47. The molecule has 2 aromatic heterocycles. The Morgan fingerprint density at radius 2 is 0.982 bits per heavy atom. The van der Waals surface area contributed by atoms with Crippen LogP contribution < -0.4 is 4.90 Å². The number of anilines is 3. The zero-order valence-electron chi connectivity index (χ0n) is 29.9. The summed E-state index contributed by atoms with van der Waals surface area (Å²) in [6, 6.07) is 74.1. The summed E-state index contributed by atoms with van der Waals surface area (Å²) in [5.41, 5.74) is 13.0. The highest BCUT2D eigenvalue weighted by atomic mass is 16.3. The molecule has 3 heteroatoms. The zero-order valence-corrected chi connectivity index (χ0v) is 29.9. The molecule has 0 atom stereocenters. The van der Waals surface area contributed by atoms with Crippen molar-refractivity contribution in [3.05, 3.63) is 206 Å². The number of aromatic nitrogens is 1. The van der Waals surface area contributed by atoms with Crippen LogP contribution in [0.5, 0.6) is 0 Å². The normalized spacial score (nSPS) is 11.6. The van der Waals surface area contributed by atoms with E-state index >= 15 is 0 Å². The first kappa shape index (κ1) is 31.2. The predicted octanol–water partition coefficient (Wildman–Crippen LogP) is 14.6. The third kappa shape index (κ3) is 5.05. The molecule has 0 spiro atoms. The van der Waals surface area contributed by atoms with Gasteiger partial charge in [0.05, 0.1) is 28.1 Å². The molecule has 0 unspecified atom stereocenters. The number of para-hydroxylation sites is 6. The maximum Gasteiger partial charge on any atom is 0.136 e. The molecule has 0 saturated heterocycles. The summed E-state index contributed by atoms with van der Waals surface area (Å²) in [5.74, 6) is 0. The lowest BCUT2D eigenvalue weighted by Gasteiger charge is -2.30. The van der Waals surface area contributed by atoms with Crippen LogP contribution in [0.1, 0.15) is 0 Å². The van der Waals surface area contributed by atoms with E-state index < -0.39 is 0 Å². The van der Waals surface area contributed by atoms with Crippen molar-refractivity contribution in [3.63, 3.8) is 0 Å². The Balaban J connectivity index is 1.20. The Kier molecular flexibility index (Phi) is 7.17. The summed E-state index contributed by atoms with van der Waals surface area (Å²) in [6.07, 6.45) is 0. The molecule has 11 rings (SSSR count). The van der Waals surface area contributed by atoms with Crippen molar-refractivity contribution in [2.24, 2.45) is 0 Å². The number of hydrogen-bond donors (Lipinski definition) is 0. The van der Waals surface area contributed by atoms with E-state index in [0.29, 0.717) is 0 Å². The number of rotatable bonds is 6. The fraction of sp³-hybridized carbons (Fsp3) is 0. The van der Waals surface area contributed by atoms with E-state index in [0.717, 1.165) is 61.4 Å². The molecule has 55 heavy (non-hydrogen) atoms. The van der Waals surface area contributed by atoms with Gasteiger partial charge in [-0.1, -0.05) is 146 Å². The van der Waals surface area contributed by atoms with E-state index in [9.17, 15) is 0 Å². The monoisotopic (exact) mass is 702 g/mol. The molecule has 0 aliphatic heterocycles. The Hall–Kier alpha value is -7.36. The van der Waals surface area contributed by atoms with Crippen molar-refractivity contribution < 1.29 is 4.42 Å². The Bertz CT molecular complexity index is 3190.